The Morgan fingerprint density at radius 3 is 3.00 bits per heavy atom. The van der Waals surface area contributed by atoms with E-state index >= 15 is 0 Å². The SMILES string of the molecule is Nc1ncc(F)cc1CC(=O)O. The van der Waals surface area contributed by atoms with Gasteiger partial charge in [0.1, 0.15) is 11.6 Å². The highest BCUT2D eigenvalue weighted by Crippen LogP contribution is 2.10. The van der Waals surface area contributed by atoms with Gasteiger partial charge in [-0.05, 0) is 6.07 Å². The molecule has 0 aliphatic heterocycles. The van der Waals surface area contributed by atoms with Gasteiger partial charge < -0.3 is 10.8 Å². The molecule has 0 saturated carbocycles. The van der Waals surface area contributed by atoms with Gasteiger partial charge in [-0.3, -0.25) is 4.79 Å². The molecule has 1 aromatic rings. The van der Waals surface area contributed by atoms with Crippen LogP contribution in [0.25, 0.3) is 0 Å². The molecule has 1 rings (SSSR count). The predicted octanol–water partition coefficient (Wildman–Crippen LogP) is 0.430. The fourth-order valence-corrected chi connectivity index (χ4v) is 0.796. The van der Waals surface area contributed by atoms with E-state index in [2.05, 4.69) is 4.98 Å². The second-order valence-electron chi connectivity index (χ2n) is 2.27. The molecular weight excluding hydrogens is 163 g/mol. The first kappa shape index (κ1) is 8.45. The van der Waals surface area contributed by atoms with Gasteiger partial charge in [0, 0.05) is 5.56 Å². The minimum Gasteiger partial charge on any atom is -0.481 e. The van der Waals surface area contributed by atoms with Crippen LogP contribution in [0.1, 0.15) is 5.56 Å². The molecule has 0 bridgehead atoms. The summed E-state index contributed by atoms with van der Waals surface area (Å²) in [5.74, 6) is -1.59. The van der Waals surface area contributed by atoms with Crippen LogP contribution in [0.4, 0.5) is 10.2 Å². The lowest BCUT2D eigenvalue weighted by atomic mass is 10.2. The summed E-state index contributed by atoms with van der Waals surface area (Å²) in [6.45, 7) is 0. The number of nitrogens with zero attached hydrogens (tertiary/aromatic N) is 1. The van der Waals surface area contributed by atoms with Gasteiger partial charge in [0.25, 0.3) is 0 Å². The van der Waals surface area contributed by atoms with Crippen molar-refractivity contribution >= 4 is 11.8 Å². The number of hydrogen-bond donors (Lipinski definition) is 2. The molecule has 1 heterocycles. The van der Waals surface area contributed by atoms with Crippen molar-refractivity contribution in [2.75, 3.05) is 5.73 Å². The van der Waals surface area contributed by atoms with Crippen LogP contribution in [0.3, 0.4) is 0 Å². The highest BCUT2D eigenvalue weighted by atomic mass is 19.1. The van der Waals surface area contributed by atoms with Crippen LogP contribution >= 0.6 is 0 Å². The Kier molecular flexibility index (Phi) is 2.23. The van der Waals surface area contributed by atoms with Crippen LogP contribution in [0, 0.1) is 5.82 Å². The average Bonchev–Trinajstić information content (AvgIpc) is 1.96. The van der Waals surface area contributed by atoms with E-state index in [-0.39, 0.29) is 17.8 Å². The Bertz CT molecular complexity index is 314. The molecule has 0 fully saturated rings. The summed E-state index contributed by atoms with van der Waals surface area (Å²) >= 11 is 0. The lowest BCUT2D eigenvalue weighted by molar-refractivity contribution is -0.136. The van der Waals surface area contributed by atoms with Gasteiger partial charge in [-0.25, -0.2) is 9.37 Å². The highest BCUT2D eigenvalue weighted by Gasteiger charge is 2.06. The normalized spacial score (nSPS) is 9.75. The third kappa shape index (κ3) is 1.91. The summed E-state index contributed by atoms with van der Waals surface area (Å²) in [4.78, 5) is 13.7. The van der Waals surface area contributed by atoms with E-state index in [1.165, 1.54) is 0 Å². The summed E-state index contributed by atoms with van der Waals surface area (Å²) in [5, 5.41) is 8.38. The largest absolute Gasteiger partial charge is 0.481 e. The van der Waals surface area contributed by atoms with Crippen molar-refractivity contribution in [2.45, 2.75) is 6.42 Å². The van der Waals surface area contributed by atoms with E-state index in [1.54, 1.807) is 0 Å². The molecule has 3 N–H and O–H groups in total. The molecule has 0 aliphatic carbocycles. The van der Waals surface area contributed by atoms with Gasteiger partial charge in [-0.1, -0.05) is 0 Å². The molecule has 0 spiro atoms. The maximum absolute atomic E-state index is 12.5. The van der Waals surface area contributed by atoms with Crippen LogP contribution < -0.4 is 5.73 Å². The Hall–Kier alpha value is -1.65. The molecule has 0 aliphatic rings. The summed E-state index contributed by atoms with van der Waals surface area (Å²) in [6, 6.07) is 1.07. The van der Waals surface area contributed by atoms with E-state index in [0.29, 0.717) is 0 Å². The third-order valence-electron chi connectivity index (χ3n) is 1.31. The zero-order chi connectivity index (χ0) is 9.14. The molecular formula is C7H7FN2O2. The van der Waals surface area contributed by atoms with Crippen molar-refractivity contribution < 1.29 is 14.3 Å². The average molecular weight is 170 g/mol. The number of carbonyl (C=O) groups is 1. The Morgan fingerprint density at radius 2 is 2.42 bits per heavy atom. The quantitative estimate of drug-likeness (QED) is 0.674. The standard InChI is InChI=1S/C7H7FN2O2/c8-5-1-4(2-6(11)12)7(9)10-3-5/h1,3H,2H2,(H2,9,10)(H,11,12). The molecule has 64 valence electrons. The minimum atomic E-state index is -1.06. The smallest absolute Gasteiger partial charge is 0.307 e. The van der Waals surface area contributed by atoms with Gasteiger partial charge in [0.2, 0.25) is 0 Å². The molecule has 1 aromatic heterocycles. The first-order valence-corrected chi connectivity index (χ1v) is 3.21. The van der Waals surface area contributed by atoms with Crippen molar-refractivity contribution in [1.29, 1.82) is 0 Å². The minimum absolute atomic E-state index is 0.0544. The number of pyridine rings is 1. The molecule has 4 nitrogen and oxygen atoms in total. The van der Waals surface area contributed by atoms with Crippen LogP contribution in [-0.4, -0.2) is 16.1 Å². The van der Waals surface area contributed by atoms with E-state index in [0.717, 1.165) is 12.3 Å². The number of rotatable bonds is 2. The first-order chi connectivity index (χ1) is 5.59. The number of carboxylic acid groups (broad SMARTS) is 1. The van der Waals surface area contributed by atoms with E-state index in [1.807, 2.05) is 0 Å². The summed E-state index contributed by atoms with van der Waals surface area (Å²) < 4.78 is 12.5. The fraction of sp³-hybridized carbons (Fsp3) is 0.143. The molecule has 0 aromatic carbocycles. The molecule has 0 radical (unpaired) electrons. The number of aliphatic carboxylic acids is 1. The number of aromatic nitrogens is 1. The van der Waals surface area contributed by atoms with Crippen LogP contribution in [0.15, 0.2) is 12.3 Å². The Morgan fingerprint density at radius 1 is 1.75 bits per heavy atom. The third-order valence-corrected chi connectivity index (χ3v) is 1.31. The zero-order valence-electron chi connectivity index (χ0n) is 6.12. The Labute approximate surface area is 67.8 Å². The second kappa shape index (κ2) is 3.17. The lowest BCUT2D eigenvalue weighted by Gasteiger charge is -2.00. The van der Waals surface area contributed by atoms with Crippen molar-refractivity contribution in [3.63, 3.8) is 0 Å². The summed E-state index contributed by atoms with van der Waals surface area (Å²) in [6.07, 6.45) is 0.636. The Balaban J connectivity index is 2.97. The van der Waals surface area contributed by atoms with Crippen molar-refractivity contribution in [1.82, 2.24) is 4.98 Å². The van der Waals surface area contributed by atoms with Crippen LogP contribution in [-0.2, 0) is 11.2 Å². The van der Waals surface area contributed by atoms with Crippen molar-refractivity contribution in [3.8, 4) is 0 Å². The van der Waals surface area contributed by atoms with Gasteiger partial charge in [0.15, 0.2) is 0 Å². The second-order valence-corrected chi connectivity index (χ2v) is 2.27. The molecule has 0 unspecified atom stereocenters. The van der Waals surface area contributed by atoms with E-state index < -0.39 is 11.8 Å². The number of nitrogens with two attached hydrogens (primary N) is 1. The highest BCUT2D eigenvalue weighted by molar-refractivity contribution is 5.72. The topological polar surface area (TPSA) is 76.2 Å². The van der Waals surface area contributed by atoms with Crippen LogP contribution in [0.2, 0.25) is 0 Å². The summed E-state index contributed by atoms with van der Waals surface area (Å²) in [7, 11) is 0. The number of anilines is 1. The predicted molar refractivity (Wildman–Crippen MR) is 39.9 cm³/mol. The maximum atomic E-state index is 12.5. The first-order valence-electron chi connectivity index (χ1n) is 3.21. The zero-order valence-corrected chi connectivity index (χ0v) is 6.12. The van der Waals surface area contributed by atoms with E-state index in [9.17, 15) is 9.18 Å². The number of carboxylic acids is 1. The van der Waals surface area contributed by atoms with Gasteiger partial charge >= 0.3 is 5.97 Å². The van der Waals surface area contributed by atoms with Crippen molar-refractivity contribution in [3.05, 3.63) is 23.6 Å². The molecule has 12 heavy (non-hydrogen) atoms. The van der Waals surface area contributed by atoms with Crippen molar-refractivity contribution in [2.24, 2.45) is 0 Å². The number of nitrogen functional groups attached to an aromatic ring is 1. The molecule has 0 amide bonds. The summed E-state index contributed by atoms with van der Waals surface area (Å²) in [5.41, 5.74) is 5.49. The molecule has 0 atom stereocenters. The maximum Gasteiger partial charge on any atom is 0.307 e. The number of hydrogen-bond acceptors (Lipinski definition) is 3. The monoisotopic (exact) mass is 170 g/mol. The molecule has 5 heteroatoms. The van der Waals surface area contributed by atoms with Gasteiger partial charge in [0.05, 0.1) is 12.6 Å². The van der Waals surface area contributed by atoms with E-state index in [4.69, 9.17) is 10.8 Å². The lowest BCUT2D eigenvalue weighted by Crippen LogP contribution is -2.05. The van der Waals surface area contributed by atoms with Gasteiger partial charge in [-0.15, -0.1) is 0 Å². The van der Waals surface area contributed by atoms with Gasteiger partial charge in [-0.2, -0.15) is 0 Å². The van der Waals surface area contributed by atoms with Crippen LogP contribution in [0.5, 0.6) is 0 Å². The number of halogens is 1. The fourth-order valence-electron chi connectivity index (χ4n) is 0.796. The molecule has 0 saturated heterocycles.